The summed E-state index contributed by atoms with van der Waals surface area (Å²) in [5, 5.41) is 0. The van der Waals surface area contributed by atoms with Gasteiger partial charge in [-0.05, 0) is 13.8 Å². The van der Waals surface area contributed by atoms with E-state index in [1.54, 1.807) is 6.92 Å². The van der Waals surface area contributed by atoms with Crippen LogP contribution in [0.4, 0.5) is 0 Å². The molecule has 1 aliphatic carbocycles. The molecule has 0 saturated heterocycles. The third-order valence-electron chi connectivity index (χ3n) is 2.27. The van der Waals surface area contributed by atoms with Crippen LogP contribution < -0.4 is 0 Å². The fraction of sp³-hybridized carbons (Fsp3) is 0.857. The van der Waals surface area contributed by atoms with Crippen molar-refractivity contribution in [1.82, 2.24) is 0 Å². The van der Waals surface area contributed by atoms with Gasteiger partial charge in [0, 0.05) is 0 Å². The molecule has 1 rings (SSSR count). The van der Waals surface area contributed by atoms with E-state index < -0.39 is 20.1 Å². The summed E-state index contributed by atoms with van der Waals surface area (Å²) < 4.78 is 1.81. The Bertz CT molecular complexity index is 235. The number of carbonyl (C=O) groups is 1. The van der Waals surface area contributed by atoms with Crippen LogP contribution in [-0.4, -0.2) is 21.2 Å². The molecule has 0 radical (unpaired) electrons. The highest BCUT2D eigenvalue weighted by Gasteiger charge is 2.89. The number of ether oxygens (including phenoxy) is 1. The van der Waals surface area contributed by atoms with Crippen LogP contribution in [0.1, 0.15) is 13.8 Å². The van der Waals surface area contributed by atoms with Gasteiger partial charge in [0.05, 0.1) is 6.61 Å². The van der Waals surface area contributed by atoms with E-state index in [4.69, 9.17) is 51.1 Å². The second kappa shape index (κ2) is 3.06. The molecule has 0 atom stereocenters. The summed E-state index contributed by atoms with van der Waals surface area (Å²) in [6.07, 6.45) is 0. The van der Waals surface area contributed by atoms with E-state index in [2.05, 4.69) is 0 Å². The molecule has 0 amide bonds. The predicted molar refractivity (Wildman–Crippen MR) is 53.6 cm³/mol. The van der Waals surface area contributed by atoms with E-state index in [0.717, 1.165) is 0 Å². The lowest BCUT2D eigenvalue weighted by Crippen LogP contribution is -2.23. The van der Waals surface area contributed by atoms with Crippen LogP contribution in [0.5, 0.6) is 0 Å². The first-order chi connectivity index (χ1) is 5.73. The Labute approximate surface area is 96.4 Å². The van der Waals surface area contributed by atoms with Crippen molar-refractivity contribution in [1.29, 1.82) is 0 Å². The fourth-order valence-electron chi connectivity index (χ4n) is 1.07. The van der Waals surface area contributed by atoms with Crippen molar-refractivity contribution >= 4 is 52.4 Å². The minimum atomic E-state index is -1.48. The van der Waals surface area contributed by atoms with Crippen LogP contribution >= 0.6 is 46.4 Å². The molecule has 0 aliphatic heterocycles. The average molecular weight is 266 g/mol. The lowest BCUT2D eigenvalue weighted by Gasteiger charge is -2.09. The first-order valence-corrected chi connectivity index (χ1v) is 5.17. The maximum Gasteiger partial charge on any atom is 0.318 e. The summed E-state index contributed by atoms with van der Waals surface area (Å²) in [4.78, 5) is 11.4. The van der Waals surface area contributed by atoms with Crippen LogP contribution in [-0.2, 0) is 9.53 Å². The Hall–Kier alpha value is 0.630. The van der Waals surface area contributed by atoms with Gasteiger partial charge in [0.2, 0.25) is 0 Å². The molecule has 1 aliphatic rings. The molecule has 0 aromatic heterocycles. The highest BCUT2D eigenvalue weighted by Crippen LogP contribution is 2.77. The van der Waals surface area contributed by atoms with Crippen LogP contribution in [0.25, 0.3) is 0 Å². The van der Waals surface area contributed by atoms with Crippen molar-refractivity contribution < 1.29 is 9.53 Å². The SMILES string of the molecule is CCOC(=O)C1(C)C(Cl)(Cl)C1(Cl)Cl. The highest BCUT2D eigenvalue weighted by atomic mass is 35.5. The lowest BCUT2D eigenvalue weighted by atomic mass is 10.1. The summed E-state index contributed by atoms with van der Waals surface area (Å²) in [6, 6.07) is 0. The molecule has 13 heavy (non-hydrogen) atoms. The van der Waals surface area contributed by atoms with E-state index in [1.165, 1.54) is 6.92 Å². The van der Waals surface area contributed by atoms with Crippen LogP contribution in [0.2, 0.25) is 0 Å². The zero-order valence-electron chi connectivity index (χ0n) is 7.04. The van der Waals surface area contributed by atoms with Gasteiger partial charge >= 0.3 is 5.97 Å². The zero-order chi connectivity index (χ0) is 10.5. The normalized spacial score (nSPS) is 26.6. The quantitative estimate of drug-likeness (QED) is 0.567. The van der Waals surface area contributed by atoms with E-state index >= 15 is 0 Å². The number of rotatable bonds is 2. The lowest BCUT2D eigenvalue weighted by molar-refractivity contribution is -0.149. The molecule has 0 heterocycles. The van der Waals surface area contributed by atoms with Gasteiger partial charge in [0.1, 0.15) is 5.41 Å². The fourth-order valence-corrected chi connectivity index (χ4v) is 2.71. The molecule has 2 nitrogen and oxygen atoms in total. The van der Waals surface area contributed by atoms with Crippen LogP contribution in [0.15, 0.2) is 0 Å². The van der Waals surface area contributed by atoms with Gasteiger partial charge in [0.25, 0.3) is 0 Å². The molecular weight excluding hydrogens is 258 g/mol. The van der Waals surface area contributed by atoms with Crippen molar-refractivity contribution in [2.24, 2.45) is 5.41 Å². The number of alkyl halides is 4. The first-order valence-electron chi connectivity index (χ1n) is 3.66. The van der Waals surface area contributed by atoms with Crippen molar-refractivity contribution in [2.45, 2.75) is 22.5 Å². The Balaban J connectivity index is 2.88. The summed E-state index contributed by atoms with van der Waals surface area (Å²) in [6.45, 7) is 3.39. The Morgan fingerprint density at radius 3 is 1.85 bits per heavy atom. The second-order valence-electron chi connectivity index (χ2n) is 2.99. The zero-order valence-corrected chi connectivity index (χ0v) is 10.1. The van der Waals surface area contributed by atoms with Crippen molar-refractivity contribution in [3.8, 4) is 0 Å². The molecular formula is C7H8Cl4O2. The van der Waals surface area contributed by atoms with E-state index in [1.807, 2.05) is 0 Å². The maximum atomic E-state index is 11.4. The third-order valence-corrected chi connectivity index (χ3v) is 5.30. The molecule has 0 unspecified atom stereocenters. The molecule has 1 saturated carbocycles. The molecule has 1 fully saturated rings. The smallest absolute Gasteiger partial charge is 0.318 e. The van der Waals surface area contributed by atoms with E-state index in [-0.39, 0.29) is 6.61 Å². The number of halogens is 4. The van der Waals surface area contributed by atoms with Gasteiger partial charge in [-0.2, -0.15) is 0 Å². The van der Waals surface area contributed by atoms with Crippen LogP contribution in [0, 0.1) is 5.41 Å². The third kappa shape index (κ3) is 1.19. The van der Waals surface area contributed by atoms with Crippen molar-refractivity contribution in [3.05, 3.63) is 0 Å². The molecule has 0 spiro atoms. The van der Waals surface area contributed by atoms with Crippen molar-refractivity contribution in [3.63, 3.8) is 0 Å². The standard InChI is InChI=1S/C7H8Cl4O2/c1-3-13-4(12)5(2)6(8,9)7(5,10)11/h3H2,1-2H3. The largest absolute Gasteiger partial charge is 0.465 e. The van der Waals surface area contributed by atoms with Crippen molar-refractivity contribution in [2.75, 3.05) is 6.61 Å². The van der Waals surface area contributed by atoms with Gasteiger partial charge in [-0.25, -0.2) is 0 Å². The summed E-state index contributed by atoms with van der Waals surface area (Å²) >= 11 is 23.1. The number of esters is 1. The van der Waals surface area contributed by atoms with E-state index in [9.17, 15) is 4.79 Å². The van der Waals surface area contributed by atoms with Gasteiger partial charge < -0.3 is 4.74 Å². The molecule has 0 aromatic rings. The van der Waals surface area contributed by atoms with Crippen LogP contribution in [0.3, 0.4) is 0 Å². The molecule has 6 heteroatoms. The number of hydrogen-bond acceptors (Lipinski definition) is 2. The number of hydrogen-bond donors (Lipinski definition) is 0. The monoisotopic (exact) mass is 264 g/mol. The highest BCUT2D eigenvalue weighted by molar-refractivity contribution is 6.70. The molecule has 0 aromatic carbocycles. The molecule has 0 N–H and O–H groups in total. The van der Waals surface area contributed by atoms with E-state index in [0.29, 0.717) is 0 Å². The Morgan fingerprint density at radius 1 is 1.23 bits per heavy atom. The summed E-state index contributed by atoms with van der Waals surface area (Å²) in [7, 11) is 0. The Morgan fingerprint density at radius 2 is 1.62 bits per heavy atom. The topological polar surface area (TPSA) is 26.3 Å². The molecule has 76 valence electrons. The van der Waals surface area contributed by atoms with Gasteiger partial charge in [0.15, 0.2) is 8.67 Å². The Kier molecular flexibility index (Phi) is 2.75. The van der Waals surface area contributed by atoms with Gasteiger partial charge in [-0.1, -0.05) is 46.4 Å². The van der Waals surface area contributed by atoms with Gasteiger partial charge in [-0.15, -0.1) is 0 Å². The minimum absolute atomic E-state index is 0.238. The number of carbonyl (C=O) groups excluding carboxylic acids is 1. The van der Waals surface area contributed by atoms with Gasteiger partial charge in [-0.3, -0.25) is 4.79 Å². The summed E-state index contributed by atoms with van der Waals surface area (Å²) in [5.74, 6) is -0.579. The second-order valence-corrected chi connectivity index (χ2v) is 5.65. The molecule has 0 bridgehead atoms. The predicted octanol–water partition coefficient (Wildman–Crippen LogP) is 2.92. The average Bonchev–Trinajstić information content (AvgIpc) is 2.31. The maximum absolute atomic E-state index is 11.4. The summed E-state index contributed by atoms with van der Waals surface area (Å²) in [5.41, 5.74) is -1.25. The minimum Gasteiger partial charge on any atom is -0.465 e. The first kappa shape index (κ1) is 11.7.